The minimum absolute atomic E-state index is 0.0461. The second kappa shape index (κ2) is 6.21. The molecule has 0 spiro atoms. The summed E-state index contributed by atoms with van der Waals surface area (Å²) in [6.07, 6.45) is -4.86. The maximum Gasteiger partial charge on any atom is 0.421 e. The fraction of sp³-hybridized carbons (Fsp3) is 0.154. The molecule has 0 saturated heterocycles. The number of primary amides is 1. The van der Waals surface area contributed by atoms with E-state index < -0.39 is 29.3 Å². The van der Waals surface area contributed by atoms with Crippen molar-refractivity contribution in [2.24, 2.45) is 5.73 Å². The highest BCUT2D eigenvalue weighted by Gasteiger charge is 2.37. The van der Waals surface area contributed by atoms with Gasteiger partial charge in [0.25, 0.3) is 5.91 Å². The van der Waals surface area contributed by atoms with Gasteiger partial charge in [-0.25, -0.2) is 4.79 Å². The first kappa shape index (κ1) is 16.4. The number of rotatable bonds is 5. The summed E-state index contributed by atoms with van der Waals surface area (Å²) in [7, 11) is 0. The molecule has 0 heterocycles. The van der Waals surface area contributed by atoms with E-state index in [0.717, 1.165) is 0 Å². The van der Waals surface area contributed by atoms with E-state index in [1.807, 2.05) is 0 Å². The Labute approximate surface area is 117 Å². The number of amides is 1. The molecule has 5 nitrogen and oxygen atoms in total. The SMILES string of the molecule is N=C(/C=C(\C(N)=O)C(F)(F)F)Cc1cccc(C(=O)O)c1. The van der Waals surface area contributed by atoms with Crippen molar-refractivity contribution in [3.8, 4) is 0 Å². The number of hydrogen-bond acceptors (Lipinski definition) is 3. The van der Waals surface area contributed by atoms with Crippen molar-refractivity contribution in [1.82, 2.24) is 0 Å². The van der Waals surface area contributed by atoms with Gasteiger partial charge in [0, 0.05) is 12.1 Å². The van der Waals surface area contributed by atoms with Gasteiger partial charge in [-0.3, -0.25) is 4.79 Å². The Hall–Kier alpha value is -2.64. The van der Waals surface area contributed by atoms with Gasteiger partial charge in [-0.1, -0.05) is 12.1 Å². The Bertz CT molecular complexity index is 621. The van der Waals surface area contributed by atoms with Crippen LogP contribution in [-0.4, -0.2) is 28.9 Å². The molecule has 21 heavy (non-hydrogen) atoms. The van der Waals surface area contributed by atoms with Crippen molar-refractivity contribution >= 4 is 17.6 Å². The molecular weight excluding hydrogens is 289 g/mol. The molecule has 0 radical (unpaired) electrons. The molecule has 1 aromatic rings. The van der Waals surface area contributed by atoms with Gasteiger partial charge in [0.05, 0.1) is 5.56 Å². The van der Waals surface area contributed by atoms with Crippen LogP contribution in [0, 0.1) is 5.41 Å². The number of carbonyl (C=O) groups excluding carboxylic acids is 1. The normalized spacial score (nSPS) is 12.0. The number of halogens is 3. The minimum Gasteiger partial charge on any atom is -0.478 e. The summed E-state index contributed by atoms with van der Waals surface area (Å²) in [6, 6.07) is 5.43. The molecule has 4 N–H and O–H groups in total. The molecule has 0 atom stereocenters. The van der Waals surface area contributed by atoms with E-state index >= 15 is 0 Å². The van der Waals surface area contributed by atoms with Crippen LogP contribution in [0.5, 0.6) is 0 Å². The number of nitrogens with two attached hydrogens (primary N) is 1. The molecule has 0 unspecified atom stereocenters. The van der Waals surface area contributed by atoms with Crippen molar-refractivity contribution in [2.45, 2.75) is 12.6 Å². The molecule has 0 aliphatic heterocycles. The standard InChI is InChI=1S/C13H11F3N2O3/c14-13(15,16)10(11(18)19)6-9(17)5-7-2-1-3-8(4-7)12(20)21/h1-4,6,17H,5H2,(H2,18,19)(H,20,21)/b10-6+,17-9?. The number of alkyl halides is 3. The van der Waals surface area contributed by atoms with Crippen molar-refractivity contribution in [3.63, 3.8) is 0 Å². The third-order valence-corrected chi connectivity index (χ3v) is 2.46. The maximum absolute atomic E-state index is 12.5. The first-order valence-electron chi connectivity index (χ1n) is 5.59. The van der Waals surface area contributed by atoms with Crippen LogP contribution in [0.4, 0.5) is 13.2 Å². The van der Waals surface area contributed by atoms with Gasteiger partial charge in [-0.05, 0) is 23.8 Å². The summed E-state index contributed by atoms with van der Waals surface area (Å²) in [5.74, 6) is -2.86. The van der Waals surface area contributed by atoms with Gasteiger partial charge in [0.15, 0.2) is 0 Å². The first-order valence-corrected chi connectivity index (χ1v) is 5.59. The van der Waals surface area contributed by atoms with Crippen LogP contribution in [0.1, 0.15) is 15.9 Å². The molecule has 0 fully saturated rings. The zero-order valence-corrected chi connectivity index (χ0v) is 10.6. The van der Waals surface area contributed by atoms with Crippen LogP contribution in [0.25, 0.3) is 0 Å². The highest BCUT2D eigenvalue weighted by atomic mass is 19.4. The molecule has 1 amide bonds. The summed E-state index contributed by atoms with van der Waals surface area (Å²) in [6.45, 7) is 0. The van der Waals surface area contributed by atoms with E-state index in [9.17, 15) is 22.8 Å². The monoisotopic (exact) mass is 300 g/mol. The molecule has 0 aliphatic carbocycles. The number of hydrogen-bond donors (Lipinski definition) is 3. The number of carbonyl (C=O) groups is 2. The van der Waals surface area contributed by atoms with Gasteiger partial charge in [-0.2, -0.15) is 13.2 Å². The zero-order chi connectivity index (χ0) is 16.2. The van der Waals surface area contributed by atoms with Crippen molar-refractivity contribution < 1.29 is 27.9 Å². The molecule has 8 heteroatoms. The lowest BCUT2D eigenvalue weighted by Crippen LogP contribution is -2.27. The van der Waals surface area contributed by atoms with E-state index in [0.29, 0.717) is 11.6 Å². The number of carboxylic acids is 1. The number of aromatic carboxylic acids is 1. The van der Waals surface area contributed by atoms with Crippen LogP contribution in [0.15, 0.2) is 35.9 Å². The molecule has 0 bridgehead atoms. The highest BCUT2D eigenvalue weighted by molar-refractivity contribution is 6.03. The Morgan fingerprint density at radius 1 is 1.33 bits per heavy atom. The number of allylic oxidation sites excluding steroid dienone is 1. The van der Waals surface area contributed by atoms with Crippen molar-refractivity contribution in [3.05, 3.63) is 47.0 Å². The summed E-state index contributed by atoms with van der Waals surface area (Å²) < 4.78 is 37.5. The van der Waals surface area contributed by atoms with Gasteiger partial charge in [0.1, 0.15) is 5.57 Å². The topological polar surface area (TPSA) is 104 Å². The lowest BCUT2D eigenvalue weighted by Gasteiger charge is -2.08. The smallest absolute Gasteiger partial charge is 0.421 e. The fourth-order valence-electron chi connectivity index (χ4n) is 1.55. The van der Waals surface area contributed by atoms with Crippen LogP contribution >= 0.6 is 0 Å². The van der Waals surface area contributed by atoms with E-state index in [4.69, 9.17) is 10.5 Å². The second-order valence-corrected chi connectivity index (χ2v) is 4.13. The number of carboxylic acid groups (broad SMARTS) is 1. The van der Waals surface area contributed by atoms with E-state index in [1.54, 1.807) is 0 Å². The highest BCUT2D eigenvalue weighted by Crippen LogP contribution is 2.25. The van der Waals surface area contributed by atoms with Gasteiger partial charge in [-0.15, -0.1) is 0 Å². The zero-order valence-electron chi connectivity index (χ0n) is 10.6. The van der Waals surface area contributed by atoms with E-state index in [2.05, 4.69) is 5.73 Å². The molecule has 112 valence electrons. The lowest BCUT2D eigenvalue weighted by molar-refractivity contribution is -0.127. The predicted octanol–water partition coefficient (Wildman–Crippen LogP) is 1.92. The Morgan fingerprint density at radius 3 is 2.43 bits per heavy atom. The van der Waals surface area contributed by atoms with Crippen LogP contribution in [-0.2, 0) is 11.2 Å². The number of nitrogens with one attached hydrogen (secondary N) is 1. The molecular formula is C13H11F3N2O3. The van der Waals surface area contributed by atoms with Crippen LogP contribution < -0.4 is 5.73 Å². The minimum atomic E-state index is -4.94. The molecule has 1 rings (SSSR count). The molecule has 0 aliphatic rings. The lowest BCUT2D eigenvalue weighted by atomic mass is 10.0. The molecule has 0 saturated carbocycles. The average Bonchev–Trinajstić information content (AvgIpc) is 2.34. The predicted molar refractivity (Wildman–Crippen MR) is 68.2 cm³/mol. The van der Waals surface area contributed by atoms with Gasteiger partial charge in [0.2, 0.25) is 0 Å². The second-order valence-electron chi connectivity index (χ2n) is 4.13. The summed E-state index contributed by atoms with van der Waals surface area (Å²) in [5.41, 5.74) is 2.78. The van der Waals surface area contributed by atoms with Gasteiger partial charge < -0.3 is 16.2 Å². The third-order valence-electron chi connectivity index (χ3n) is 2.46. The van der Waals surface area contributed by atoms with E-state index in [1.165, 1.54) is 24.3 Å². The van der Waals surface area contributed by atoms with Gasteiger partial charge >= 0.3 is 12.1 Å². The Balaban J connectivity index is 2.98. The van der Waals surface area contributed by atoms with E-state index in [-0.39, 0.29) is 12.0 Å². The summed E-state index contributed by atoms with van der Waals surface area (Å²) in [4.78, 5) is 21.5. The average molecular weight is 300 g/mol. The quantitative estimate of drug-likeness (QED) is 0.571. The largest absolute Gasteiger partial charge is 0.478 e. The maximum atomic E-state index is 12.5. The molecule has 0 aromatic heterocycles. The first-order chi connectivity index (χ1) is 9.61. The molecule has 1 aromatic carbocycles. The fourth-order valence-corrected chi connectivity index (χ4v) is 1.55. The van der Waals surface area contributed by atoms with Crippen molar-refractivity contribution in [1.29, 1.82) is 5.41 Å². The van der Waals surface area contributed by atoms with Crippen LogP contribution in [0.3, 0.4) is 0 Å². The Morgan fingerprint density at radius 2 is 1.95 bits per heavy atom. The third kappa shape index (κ3) is 4.75. The number of benzene rings is 1. The summed E-state index contributed by atoms with van der Waals surface area (Å²) >= 11 is 0. The summed E-state index contributed by atoms with van der Waals surface area (Å²) in [5, 5.41) is 16.3. The van der Waals surface area contributed by atoms with Crippen molar-refractivity contribution in [2.75, 3.05) is 0 Å². The van der Waals surface area contributed by atoms with Crippen LogP contribution in [0.2, 0.25) is 0 Å². The Kier molecular flexibility index (Phi) is 4.85.